The lowest BCUT2D eigenvalue weighted by atomic mass is 9.86. The Labute approximate surface area is 139 Å². The summed E-state index contributed by atoms with van der Waals surface area (Å²) in [6.45, 7) is 11.1. The maximum atomic E-state index is 6.30. The van der Waals surface area contributed by atoms with Gasteiger partial charge in [0.15, 0.2) is 0 Å². The van der Waals surface area contributed by atoms with Crippen LogP contribution in [-0.2, 0) is 6.42 Å². The van der Waals surface area contributed by atoms with E-state index in [9.17, 15) is 0 Å². The number of rotatable bonds is 8. The molecule has 0 saturated carbocycles. The standard InChI is InChI=1S/C17H27Cl2NO/c1-12(2)10-20-11-17(3,4)7-6-13-8-15(19)16(21-5)9-14(13)18/h8-9,12,20H,6-7,10-11H2,1-5H3. The highest BCUT2D eigenvalue weighted by Crippen LogP contribution is 2.33. The van der Waals surface area contributed by atoms with Crippen molar-refractivity contribution in [2.24, 2.45) is 11.3 Å². The monoisotopic (exact) mass is 331 g/mol. The molecule has 0 aliphatic rings. The number of hydrogen-bond acceptors (Lipinski definition) is 2. The van der Waals surface area contributed by atoms with Crippen molar-refractivity contribution in [3.63, 3.8) is 0 Å². The van der Waals surface area contributed by atoms with Crippen molar-refractivity contribution in [2.45, 2.75) is 40.5 Å². The smallest absolute Gasteiger partial charge is 0.138 e. The van der Waals surface area contributed by atoms with E-state index in [4.69, 9.17) is 27.9 Å². The fraction of sp³-hybridized carbons (Fsp3) is 0.647. The molecule has 0 unspecified atom stereocenters. The summed E-state index contributed by atoms with van der Waals surface area (Å²) in [5.41, 5.74) is 1.31. The molecule has 0 bridgehead atoms. The Hall–Kier alpha value is -0.440. The zero-order chi connectivity index (χ0) is 16.0. The number of ether oxygens (including phenoxy) is 1. The van der Waals surface area contributed by atoms with Crippen LogP contribution in [0.2, 0.25) is 10.0 Å². The highest BCUT2D eigenvalue weighted by molar-refractivity contribution is 6.34. The Bertz CT molecular complexity index is 458. The summed E-state index contributed by atoms with van der Waals surface area (Å²) in [6, 6.07) is 3.71. The Morgan fingerprint density at radius 3 is 2.43 bits per heavy atom. The summed E-state index contributed by atoms with van der Waals surface area (Å²) < 4.78 is 5.18. The van der Waals surface area contributed by atoms with Gasteiger partial charge in [0.1, 0.15) is 5.75 Å². The lowest BCUT2D eigenvalue weighted by Crippen LogP contribution is -2.32. The number of nitrogens with one attached hydrogen (secondary N) is 1. The van der Waals surface area contributed by atoms with E-state index in [0.717, 1.165) is 36.5 Å². The highest BCUT2D eigenvalue weighted by Gasteiger charge is 2.18. The van der Waals surface area contributed by atoms with E-state index in [-0.39, 0.29) is 5.41 Å². The van der Waals surface area contributed by atoms with E-state index in [0.29, 0.717) is 16.7 Å². The summed E-state index contributed by atoms with van der Waals surface area (Å²) in [4.78, 5) is 0. The second-order valence-corrected chi connectivity index (χ2v) is 7.58. The van der Waals surface area contributed by atoms with Gasteiger partial charge < -0.3 is 10.1 Å². The Kier molecular flexibility index (Phi) is 7.32. The minimum absolute atomic E-state index is 0.227. The van der Waals surface area contributed by atoms with Gasteiger partial charge in [0.05, 0.1) is 12.1 Å². The molecule has 1 aromatic carbocycles. The molecule has 0 saturated heterocycles. The van der Waals surface area contributed by atoms with Crippen LogP contribution < -0.4 is 10.1 Å². The fourth-order valence-electron chi connectivity index (χ4n) is 2.18. The van der Waals surface area contributed by atoms with Gasteiger partial charge in [-0.25, -0.2) is 0 Å². The number of hydrogen-bond donors (Lipinski definition) is 1. The molecule has 120 valence electrons. The van der Waals surface area contributed by atoms with Crippen molar-refractivity contribution in [3.05, 3.63) is 27.7 Å². The van der Waals surface area contributed by atoms with E-state index in [2.05, 4.69) is 33.0 Å². The molecule has 21 heavy (non-hydrogen) atoms. The van der Waals surface area contributed by atoms with Crippen LogP contribution in [0.4, 0.5) is 0 Å². The van der Waals surface area contributed by atoms with Gasteiger partial charge in [-0.05, 0) is 42.3 Å². The molecule has 4 heteroatoms. The second-order valence-electron chi connectivity index (χ2n) is 6.77. The van der Waals surface area contributed by atoms with Gasteiger partial charge in [-0.1, -0.05) is 50.9 Å². The zero-order valence-corrected chi connectivity index (χ0v) is 15.2. The first-order valence-corrected chi connectivity index (χ1v) is 8.23. The second kappa shape index (κ2) is 8.26. The molecule has 2 nitrogen and oxygen atoms in total. The molecule has 0 heterocycles. The van der Waals surface area contributed by atoms with E-state index in [1.807, 2.05) is 6.07 Å². The largest absolute Gasteiger partial charge is 0.495 e. The lowest BCUT2D eigenvalue weighted by Gasteiger charge is -2.26. The summed E-state index contributed by atoms with van der Waals surface area (Å²) >= 11 is 12.5. The number of halogens is 2. The van der Waals surface area contributed by atoms with E-state index in [1.54, 1.807) is 13.2 Å². The minimum atomic E-state index is 0.227. The molecule has 0 spiro atoms. The summed E-state index contributed by atoms with van der Waals surface area (Å²) in [5, 5.41) is 4.87. The Morgan fingerprint density at radius 2 is 1.86 bits per heavy atom. The predicted octanol–water partition coefficient (Wildman–Crippen LogP) is 5.21. The van der Waals surface area contributed by atoms with Crippen LogP contribution in [0.15, 0.2) is 12.1 Å². The van der Waals surface area contributed by atoms with Crippen molar-refractivity contribution in [1.29, 1.82) is 0 Å². The first kappa shape index (κ1) is 18.6. The molecule has 0 aliphatic heterocycles. The molecule has 0 atom stereocenters. The predicted molar refractivity (Wildman–Crippen MR) is 92.8 cm³/mol. The summed E-state index contributed by atoms with van der Waals surface area (Å²) in [7, 11) is 1.60. The molecule has 1 aromatic rings. The van der Waals surface area contributed by atoms with Crippen LogP contribution in [0.5, 0.6) is 5.75 Å². The van der Waals surface area contributed by atoms with E-state index in [1.165, 1.54) is 0 Å². The minimum Gasteiger partial charge on any atom is -0.495 e. The van der Waals surface area contributed by atoms with Crippen LogP contribution in [0.1, 0.15) is 39.7 Å². The van der Waals surface area contributed by atoms with Crippen LogP contribution in [-0.4, -0.2) is 20.2 Å². The lowest BCUT2D eigenvalue weighted by molar-refractivity contribution is 0.308. The molecule has 0 aliphatic carbocycles. The normalized spacial score (nSPS) is 12.0. The van der Waals surface area contributed by atoms with Crippen LogP contribution in [0.3, 0.4) is 0 Å². The fourth-order valence-corrected chi connectivity index (χ4v) is 2.69. The quantitative estimate of drug-likeness (QED) is 0.706. The van der Waals surface area contributed by atoms with Crippen molar-refractivity contribution < 1.29 is 4.74 Å². The van der Waals surface area contributed by atoms with Crippen LogP contribution >= 0.6 is 23.2 Å². The molecule has 0 amide bonds. The van der Waals surface area contributed by atoms with Gasteiger partial charge in [-0.3, -0.25) is 0 Å². The number of benzene rings is 1. The Morgan fingerprint density at radius 1 is 1.19 bits per heavy atom. The maximum Gasteiger partial charge on any atom is 0.138 e. The SMILES string of the molecule is COc1cc(Cl)c(CCC(C)(C)CNCC(C)C)cc1Cl. The molecular formula is C17H27Cl2NO. The molecule has 1 rings (SSSR count). The topological polar surface area (TPSA) is 21.3 Å². The van der Waals surface area contributed by atoms with Crippen molar-refractivity contribution in [1.82, 2.24) is 5.32 Å². The average molecular weight is 332 g/mol. The Balaban J connectivity index is 2.59. The zero-order valence-electron chi connectivity index (χ0n) is 13.7. The van der Waals surface area contributed by atoms with Crippen molar-refractivity contribution in [3.8, 4) is 5.75 Å². The van der Waals surface area contributed by atoms with Gasteiger partial charge in [-0.2, -0.15) is 0 Å². The third-order valence-electron chi connectivity index (χ3n) is 3.55. The van der Waals surface area contributed by atoms with Gasteiger partial charge >= 0.3 is 0 Å². The summed E-state index contributed by atoms with van der Waals surface area (Å²) in [5.74, 6) is 1.30. The van der Waals surface area contributed by atoms with Gasteiger partial charge in [0.25, 0.3) is 0 Å². The first-order valence-electron chi connectivity index (χ1n) is 7.48. The van der Waals surface area contributed by atoms with Crippen LogP contribution in [0, 0.1) is 11.3 Å². The molecule has 0 fully saturated rings. The highest BCUT2D eigenvalue weighted by atomic mass is 35.5. The third kappa shape index (κ3) is 6.46. The molecule has 1 N–H and O–H groups in total. The third-order valence-corrected chi connectivity index (χ3v) is 4.20. The maximum absolute atomic E-state index is 6.30. The molecule has 0 aromatic heterocycles. The average Bonchev–Trinajstić information content (AvgIpc) is 2.38. The van der Waals surface area contributed by atoms with E-state index >= 15 is 0 Å². The van der Waals surface area contributed by atoms with E-state index < -0.39 is 0 Å². The first-order chi connectivity index (χ1) is 9.75. The van der Waals surface area contributed by atoms with Gasteiger partial charge in [0.2, 0.25) is 0 Å². The molecular weight excluding hydrogens is 305 g/mol. The van der Waals surface area contributed by atoms with Crippen molar-refractivity contribution in [2.75, 3.05) is 20.2 Å². The number of aryl methyl sites for hydroxylation is 1. The van der Waals surface area contributed by atoms with Crippen LogP contribution in [0.25, 0.3) is 0 Å². The van der Waals surface area contributed by atoms with Gasteiger partial charge in [0, 0.05) is 17.6 Å². The summed E-state index contributed by atoms with van der Waals surface area (Å²) in [6.07, 6.45) is 1.97. The van der Waals surface area contributed by atoms with Crippen molar-refractivity contribution >= 4 is 23.2 Å². The molecule has 0 radical (unpaired) electrons. The number of methoxy groups -OCH3 is 1. The van der Waals surface area contributed by atoms with Gasteiger partial charge in [-0.15, -0.1) is 0 Å².